The highest BCUT2D eigenvalue weighted by Crippen LogP contribution is 2.34. The zero-order valence-electron chi connectivity index (χ0n) is 10.2. The van der Waals surface area contributed by atoms with Crippen LogP contribution in [0.1, 0.15) is 6.42 Å². The first-order chi connectivity index (χ1) is 9.15. The number of benzene rings is 1. The van der Waals surface area contributed by atoms with Crippen LogP contribution in [0.4, 0.5) is 15.3 Å². The molecule has 0 spiro atoms. The van der Waals surface area contributed by atoms with Crippen LogP contribution in [-0.4, -0.2) is 31.2 Å². The van der Waals surface area contributed by atoms with Gasteiger partial charge in [-0.1, -0.05) is 0 Å². The lowest BCUT2D eigenvalue weighted by Gasteiger charge is -2.20. The van der Waals surface area contributed by atoms with Crippen molar-refractivity contribution in [3.63, 3.8) is 0 Å². The molecule has 6 nitrogen and oxygen atoms in total. The summed E-state index contributed by atoms with van der Waals surface area (Å²) in [6, 6.07) is 4.45. The minimum atomic E-state index is -0.470. The van der Waals surface area contributed by atoms with Crippen LogP contribution < -0.4 is 9.64 Å². The molecular formula is C11H13FN2O4S. The highest BCUT2D eigenvalue weighted by molar-refractivity contribution is 7.89. The van der Waals surface area contributed by atoms with E-state index in [4.69, 9.17) is 8.92 Å². The van der Waals surface area contributed by atoms with Gasteiger partial charge in [0.15, 0.2) is 0 Å². The van der Waals surface area contributed by atoms with Gasteiger partial charge in [0.2, 0.25) is 12.4 Å². The maximum absolute atomic E-state index is 12.0. The van der Waals surface area contributed by atoms with Crippen molar-refractivity contribution in [3.05, 3.63) is 28.3 Å². The minimum absolute atomic E-state index is 0.0214. The summed E-state index contributed by atoms with van der Waals surface area (Å²) in [4.78, 5) is 12.2. The van der Waals surface area contributed by atoms with E-state index in [-0.39, 0.29) is 24.2 Å². The van der Waals surface area contributed by atoms with E-state index < -0.39 is 4.92 Å². The highest BCUT2D eigenvalue weighted by Gasteiger charge is 2.26. The van der Waals surface area contributed by atoms with Crippen LogP contribution in [0, 0.1) is 10.1 Å². The summed E-state index contributed by atoms with van der Waals surface area (Å²) >= 11 is -0.135. The topological polar surface area (TPSA) is 64.8 Å². The average Bonchev–Trinajstić information content (AvgIpc) is 2.86. The Bertz CT molecular complexity index is 474. The number of ether oxygens (including phenoxy) is 1. The van der Waals surface area contributed by atoms with Crippen LogP contribution in [0.3, 0.4) is 0 Å². The van der Waals surface area contributed by atoms with E-state index in [1.54, 1.807) is 6.07 Å². The zero-order valence-corrected chi connectivity index (χ0v) is 11.1. The number of rotatable bonds is 5. The van der Waals surface area contributed by atoms with Gasteiger partial charge < -0.3 is 9.64 Å². The Hall–Kier alpha value is -1.54. The molecule has 1 aromatic carbocycles. The van der Waals surface area contributed by atoms with Crippen molar-refractivity contribution in [3.8, 4) is 5.75 Å². The minimum Gasteiger partial charge on any atom is -0.494 e. The summed E-state index contributed by atoms with van der Waals surface area (Å²) in [5.41, 5.74) is 0.731. The summed E-state index contributed by atoms with van der Waals surface area (Å²) in [6.45, 7) is 1.23. The SMILES string of the molecule is COc1cc([N+](=O)[O-])ccc1N1CCC(OSF)C1. The molecule has 1 aromatic rings. The molecule has 19 heavy (non-hydrogen) atoms. The van der Waals surface area contributed by atoms with E-state index in [1.807, 2.05) is 4.90 Å². The van der Waals surface area contributed by atoms with Gasteiger partial charge in [0, 0.05) is 19.2 Å². The Kier molecular flexibility index (Phi) is 4.43. The fourth-order valence-electron chi connectivity index (χ4n) is 2.12. The first-order valence-corrected chi connectivity index (χ1v) is 6.31. The lowest BCUT2D eigenvalue weighted by Crippen LogP contribution is -2.22. The fraction of sp³-hybridized carbons (Fsp3) is 0.455. The van der Waals surface area contributed by atoms with Gasteiger partial charge in [0.1, 0.15) is 5.75 Å². The second kappa shape index (κ2) is 6.07. The molecule has 1 heterocycles. The molecule has 0 saturated carbocycles. The van der Waals surface area contributed by atoms with Crippen LogP contribution in [0.2, 0.25) is 0 Å². The molecule has 0 radical (unpaired) electrons. The molecule has 104 valence electrons. The number of nitrogens with zero attached hydrogens (tertiary/aromatic N) is 2. The van der Waals surface area contributed by atoms with E-state index in [2.05, 4.69) is 0 Å². The quantitative estimate of drug-likeness (QED) is 0.471. The zero-order chi connectivity index (χ0) is 13.8. The van der Waals surface area contributed by atoms with Crippen LogP contribution in [0.5, 0.6) is 5.75 Å². The van der Waals surface area contributed by atoms with Crippen LogP contribution >= 0.6 is 12.4 Å². The van der Waals surface area contributed by atoms with Crippen molar-refractivity contribution in [2.45, 2.75) is 12.5 Å². The fourth-order valence-corrected chi connectivity index (χ4v) is 2.38. The number of halogens is 1. The summed E-state index contributed by atoms with van der Waals surface area (Å²) in [5.74, 6) is 0.433. The van der Waals surface area contributed by atoms with E-state index in [0.29, 0.717) is 25.3 Å². The molecule has 1 aliphatic rings. The third-order valence-corrected chi connectivity index (χ3v) is 3.38. The molecule has 0 bridgehead atoms. The lowest BCUT2D eigenvalue weighted by atomic mass is 10.2. The number of anilines is 1. The molecule has 1 unspecified atom stereocenters. The summed E-state index contributed by atoms with van der Waals surface area (Å²) in [7, 11) is 1.46. The standard InChI is InChI=1S/C11H13FN2O4S/c1-17-11-6-8(14(15)16)2-3-10(11)13-5-4-9(7-13)18-19-12/h2-3,6,9H,4-5,7H2,1H3. The second-order valence-corrected chi connectivity index (χ2v) is 4.45. The van der Waals surface area contributed by atoms with Gasteiger partial charge in [-0.2, -0.15) is 0 Å². The largest absolute Gasteiger partial charge is 0.494 e. The third-order valence-electron chi connectivity index (χ3n) is 3.03. The monoisotopic (exact) mass is 288 g/mol. The second-order valence-electron chi connectivity index (χ2n) is 4.13. The molecule has 0 N–H and O–H groups in total. The predicted molar refractivity (Wildman–Crippen MR) is 70.1 cm³/mol. The maximum atomic E-state index is 12.0. The number of nitro groups is 1. The maximum Gasteiger partial charge on any atom is 0.273 e. The van der Waals surface area contributed by atoms with Crippen molar-refractivity contribution in [1.29, 1.82) is 0 Å². The van der Waals surface area contributed by atoms with Crippen LogP contribution in [-0.2, 0) is 4.18 Å². The molecule has 1 saturated heterocycles. The van der Waals surface area contributed by atoms with Gasteiger partial charge in [0.05, 0.1) is 29.9 Å². The molecular weight excluding hydrogens is 275 g/mol. The number of non-ortho nitro benzene ring substituents is 1. The molecule has 0 aliphatic carbocycles. The van der Waals surface area contributed by atoms with Gasteiger partial charge in [-0.25, -0.2) is 0 Å². The van der Waals surface area contributed by atoms with Gasteiger partial charge in [-0.05, 0) is 12.5 Å². The molecule has 1 fully saturated rings. The smallest absolute Gasteiger partial charge is 0.273 e. The van der Waals surface area contributed by atoms with E-state index in [9.17, 15) is 14.0 Å². The van der Waals surface area contributed by atoms with E-state index in [0.717, 1.165) is 5.69 Å². The van der Waals surface area contributed by atoms with Gasteiger partial charge >= 0.3 is 0 Å². The number of nitro benzene ring substituents is 1. The van der Waals surface area contributed by atoms with Crippen molar-refractivity contribution < 1.29 is 17.7 Å². The van der Waals surface area contributed by atoms with Gasteiger partial charge in [-0.3, -0.25) is 14.3 Å². The van der Waals surface area contributed by atoms with Crippen LogP contribution in [0.25, 0.3) is 0 Å². The van der Waals surface area contributed by atoms with Crippen molar-refractivity contribution in [2.75, 3.05) is 25.1 Å². The molecule has 2 rings (SSSR count). The third kappa shape index (κ3) is 3.07. The summed E-state index contributed by atoms with van der Waals surface area (Å²) in [5, 5.41) is 10.7. The Morgan fingerprint density at radius 1 is 1.58 bits per heavy atom. The molecule has 8 heteroatoms. The van der Waals surface area contributed by atoms with E-state index >= 15 is 0 Å². The molecule has 0 amide bonds. The summed E-state index contributed by atoms with van der Waals surface area (Å²) < 4.78 is 22.1. The number of hydrogen-bond donors (Lipinski definition) is 0. The molecule has 1 aliphatic heterocycles. The lowest BCUT2D eigenvalue weighted by molar-refractivity contribution is -0.384. The Balaban J connectivity index is 2.18. The number of methoxy groups -OCH3 is 1. The van der Waals surface area contributed by atoms with Crippen molar-refractivity contribution >= 4 is 23.8 Å². The van der Waals surface area contributed by atoms with Gasteiger partial charge in [-0.15, -0.1) is 3.89 Å². The van der Waals surface area contributed by atoms with Crippen molar-refractivity contribution in [1.82, 2.24) is 0 Å². The predicted octanol–water partition coefficient (Wildman–Crippen LogP) is 2.73. The summed E-state index contributed by atoms with van der Waals surface area (Å²) in [6.07, 6.45) is 0.520. The normalized spacial score (nSPS) is 18.6. The van der Waals surface area contributed by atoms with Gasteiger partial charge in [0.25, 0.3) is 5.69 Å². The average molecular weight is 288 g/mol. The Morgan fingerprint density at radius 3 is 3.00 bits per heavy atom. The first-order valence-electron chi connectivity index (χ1n) is 5.67. The Labute approximate surface area is 114 Å². The molecule has 1 atom stereocenters. The van der Waals surface area contributed by atoms with Crippen LogP contribution in [0.15, 0.2) is 18.2 Å². The number of hydrogen-bond acceptors (Lipinski definition) is 6. The highest BCUT2D eigenvalue weighted by atomic mass is 32.2. The molecule has 0 aromatic heterocycles. The van der Waals surface area contributed by atoms with Crippen molar-refractivity contribution in [2.24, 2.45) is 0 Å². The first kappa shape index (κ1) is 13.9. The van der Waals surface area contributed by atoms with E-state index in [1.165, 1.54) is 19.2 Å². The Morgan fingerprint density at radius 2 is 2.37 bits per heavy atom.